The van der Waals surface area contributed by atoms with Crippen LogP contribution in [0.25, 0.3) is 0 Å². The standard InChI is InChI=1S/C14H26N4O2S/c1-2-9-15-10-12-11-16-17-14(12)21(19,20)18-13-7-5-3-4-6-8-13/h11,13,15,18H,2-10H2,1H3,(H,16,17). The highest BCUT2D eigenvalue weighted by atomic mass is 32.2. The van der Waals surface area contributed by atoms with E-state index in [1.807, 2.05) is 0 Å². The summed E-state index contributed by atoms with van der Waals surface area (Å²) in [4.78, 5) is 0. The monoisotopic (exact) mass is 314 g/mol. The Morgan fingerprint density at radius 1 is 1.29 bits per heavy atom. The first kappa shape index (κ1) is 16.5. The zero-order chi connectivity index (χ0) is 15.1. The number of hydrogen-bond acceptors (Lipinski definition) is 4. The van der Waals surface area contributed by atoms with Gasteiger partial charge >= 0.3 is 0 Å². The van der Waals surface area contributed by atoms with Gasteiger partial charge in [-0.15, -0.1) is 0 Å². The summed E-state index contributed by atoms with van der Waals surface area (Å²) in [5.41, 5.74) is 0.699. The summed E-state index contributed by atoms with van der Waals surface area (Å²) in [7, 11) is -3.51. The molecule has 1 aliphatic rings. The van der Waals surface area contributed by atoms with Gasteiger partial charge in [0, 0.05) is 18.2 Å². The van der Waals surface area contributed by atoms with Crippen molar-refractivity contribution < 1.29 is 8.42 Å². The average Bonchev–Trinajstić information content (AvgIpc) is 2.78. The van der Waals surface area contributed by atoms with Crippen LogP contribution in [0.2, 0.25) is 0 Å². The smallest absolute Gasteiger partial charge is 0.258 e. The van der Waals surface area contributed by atoms with Crippen molar-refractivity contribution in [1.82, 2.24) is 20.2 Å². The fourth-order valence-corrected chi connectivity index (χ4v) is 4.17. The lowest BCUT2D eigenvalue weighted by molar-refractivity contribution is 0.506. The Labute approximate surface area is 127 Å². The molecule has 0 atom stereocenters. The van der Waals surface area contributed by atoms with E-state index in [2.05, 4.69) is 27.2 Å². The minimum Gasteiger partial charge on any atom is -0.313 e. The minimum atomic E-state index is -3.51. The van der Waals surface area contributed by atoms with Crippen molar-refractivity contribution in [2.45, 2.75) is 69.5 Å². The maximum Gasteiger partial charge on any atom is 0.258 e. The highest BCUT2D eigenvalue weighted by molar-refractivity contribution is 7.89. The largest absolute Gasteiger partial charge is 0.313 e. The first-order chi connectivity index (χ1) is 10.1. The van der Waals surface area contributed by atoms with Crippen LogP contribution in [0.3, 0.4) is 0 Å². The lowest BCUT2D eigenvalue weighted by Gasteiger charge is -2.16. The second kappa shape index (κ2) is 7.91. The third-order valence-electron chi connectivity index (χ3n) is 3.87. The van der Waals surface area contributed by atoms with Gasteiger partial charge in [-0.2, -0.15) is 5.10 Å². The van der Waals surface area contributed by atoms with Crippen molar-refractivity contribution in [3.8, 4) is 0 Å². The van der Waals surface area contributed by atoms with Crippen LogP contribution in [0, 0.1) is 0 Å². The Balaban J connectivity index is 2.03. The lowest BCUT2D eigenvalue weighted by Crippen LogP contribution is -2.35. The maximum absolute atomic E-state index is 12.5. The van der Waals surface area contributed by atoms with E-state index in [1.165, 1.54) is 12.8 Å². The molecule has 0 unspecified atom stereocenters. The number of aromatic nitrogens is 2. The van der Waals surface area contributed by atoms with Gasteiger partial charge in [0.2, 0.25) is 0 Å². The first-order valence-electron chi connectivity index (χ1n) is 7.89. The molecule has 1 fully saturated rings. The fourth-order valence-electron chi connectivity index (χ4n) is 2.73. The van der Waals surface area contributed by atoms with Crippen LogP contribution in [0.5, 0.6) is 0 Å². The Morgan fingerprint density at radius 3 is 2.67 bits per heavy atom. The molecule has 0 aliphatic heterocycles. The van der Waals surface area contributed by atoms with E-state index in [9.17, 15) is 8.42 Å². The van der Waals surface area contributed by atoms with E-state index >= 15 is 0 Å². The van der Waals surface area contributed by atoms with E-state index in [-0.39, 0.29) is 11.1 Å². The van der Waals surface area contributed by atoms with Crippen molar-refractivity contribution in [2.75, 3.05) is 6.54 Å². The minimum absolute atomic E-state index is 0.0530. The highest BCUT2D eigenvalue weighted by Crippen LogP contribution is 2.20. The number of sulfonamides is 1. The predicted molar refractivity (Wildman–Crippen MR) is 82.4 cm³/mol. The zero-order valence-corrected chi connectivity index (χ0v) is 13.5. The summed E-state index contributed by atoms with van der Waals surface area (Å²) in [6, 6.07) is 0.0530. The summed E-state index contributed by atoms with van der Waals surface area (Å²) in [5.74, 6) is 0. The highest BCUT2D eigenvalue weighted by Gasteiger charge is 2.24. The van der Waals surface area contributed by atoms with Crippen LogP contribution in [-0.2, 0) is 16.6 Å². The topological polar surface area (TPSA) is 86.9 Å². The molecular formula is C14H26N4O2S. The molecule has 1 saturated carbocycles. The van der Waals surface area contributed by atoms with E-state index < -0.39 is 10.0 Å². The van der Waals surface area contributed by atoms with Gasteiger partial charge in [0.05, 0.1) is 6.20 Å². The van der Waals surface area contributed by atoms with Crippen molar-refractivity contribution >= 4 is 10.0 Å². The molecule has 1 aliphatic carbocycles. The zero-order valence-electron chi connectivity index (χ0n) is 12.7. The molecule has 21 heavy (non-hydrogen) atoms. The molecule has 0 bridgehead atoms. The lowest BCUT2D eigenvalue weighted by atomic mass is 10.1. The van der Waals surface area contributed by atoms with Crippen LogP contribution >= 0.6 is 0 Å². The van der Waals surface area contributed by atoms with Crippen LogP contribution < -0.4 is 10.0 Å². The van der Waals surface area contributed by atoms with Crippen LogP contribution in [0.4, 0.5) is 0 Å². The number of H-pyrrole nitrogens is 1. The quantitative estimate of drug-likeness (QED) is 0.530. The van der Waals surface area contributed by atoms with Crippen LogP contribution in [-0.4, -0.2) is 31.2 Å². The number of nitrogens with zero attached hydrogens (tertiary/aromatic N) is 1. The molecule has 0 saturated heterocycles. The van der Waals surface area contributed by atoms with Crippen molar-refractivity contribution in [1.29, 1.82) is 0 Å². The predicted octanol–water partition coefficient (Wildman–Crippen LogP) is 1.91. The molecule has 1 heterocycles. The summed E-state index contributed by atoms with van der Waals surface area (Å²) in [6.07, 6.45) is 9.06. The van der Waals surface area contributed by atoms with E-state index in [1.54, 1.807) is 6.20 Å². The van der Waals surface area contributed by atoms with Crippen LogP contribution in [0.15, 0.2) is 11.2 Å². The van der Waals surface area contributed by atoms with Gasteiger partial charge in [0.1, 0.15) is 0 Å². The van der Waals surface area contributed by atoms with Gasteiger partial charge in [0.15, 0.2) is 5.03 Å². The van der Waals surface area contributed by atoms with Crippen molar-refractivity contribution in [3.05, 3.63) is 11.8 Å². The molecule has 0 spiro atoms. The summed E-state index contributed by atoms with van der Waals surface area (Å²) < 4.78 is 27.9. The SMILES string of the molecule is CCCNCc1cn[nH]c1S(=O)(=O)NC1CCCCCC1. The van der Waals surface area contributed by atoms with Crippen molar-refractivity contribution in [2.24, 2.45) is 0 Å². The van der Waals surface area contributed by atoms with Gasteiger partial charge in [-0.3, -0.25) is 5.10 Å². The number of nitrogens with one attached hydrogen (secondary N) is 3. The molecule has 6 nitrogen and oxygen atoms in total. The fraction of sp³-hybridized carbons (Fsp3) is 0.786. The molecule has 1 aromatic rings. The van der Waals surface area contributed by atoms with Gasteiger partial charge in [0.25, 0.3) is 10.0 Å². The second-order valence-electron chi connectivity index (χ2n) is 5.71. The summed E-state index contributed by atoms with van der Waals surface area (Å²) >= 11 is 0. The first-order valence-corrected chi connectivity index (χ1v) is 9.37. The Hall–Kier alpha value is -0.920. The number of aromatic amines is 1. The number of rotatable bonds is 7. The van der Waals surface area contributed by atoms with Crippen molar-refractivity contribution in [3.63, 3.8) is 0 Å². The molecule has 120 valence electrons. The molecule has 3 N–H and O–H groups in total. The van der Waals surface area contributed by atoms with Gasteiger partial charge in [-0.05, 0) is 25.8 Å². The summed E-state index contributed by atoms with van der Waals surface area (Å²) in [6.45, 7) is 3.46. The molecule has 2 rings (SSSR count). The summed E-state index contributed by atoms with van der Waals surface area (Å²) in [5, 5.41) is 9.95. The van der Waals surface area contributed by atoms with E-state index in [0.717, 1.165) is 38.6 Å². The average molecular weight is 314 g/mol. The molecule has 0 radical (unpaired) electrons. The molecule has 1 aromatic heterocycles. The van der Waals surface area contributed by atoms with Gasteiger partial charge in [-0.25, -0.2) is 13.1 Å². The Bertz CT molecular complexity index is 519. The molecular weight excluding hydrogens is 288 g/mol. The van der Waals surface area contributed by atoms with E-state index in [4.69, 9.17) is 0 Å². The maximum atomic E-state index is 12.5. The molecule has 0 aromatic carbocycles. The normalized spacial score (nSPS) is 17.8. The van der Waals surface area contributed by atoms with Gasteiger partial charge < -0.3 is 5.32 Å². The Morgan fingerprint density at radius 2 is 2.00 bits per heavy atom. The second-order valence-corrected chi connectivity index (χ2v) is 7.36. The molecule has 0 amide bonds. The molecule has 7 heteroatoms. The van der Waals surface area contributed by atoms with Gasteiger partial charge in [-0.1, -0.05) is 32.6 Å². The van der Waals surface area contributed by atoms with E-state index in [0.29, 0.717) is 12.1 Å². The number of hydrogen-bond donors (Lipinski definition) is 3. The third-order valence-corrected chi connectivity index (χ3v) is 5.40. The Kier molecular flexibility index (Phi) is 6.20. The third kappa shape index (κ3) is 4.79. The van der Waals surface area contributed by atoms with Crippen LogP contribution in [0.1, 0.15) is 57.4 Å².